The van der Waals surface area contributed by atoms with E-state index < -0.39 is 0 Å². The van der Waals surface area contributed by atoms with Crippen molar-refractivity contribution < 1.29 is 5.11 Å². The SMILES string of the molecule is Nc1cccc2cccc(O)c12. The molecule has 60 valence electrons. The highest BCUT2D eigenvalue weighted by Gasteiger charge is 2.00. The van der Waals surface area contributed by atoms with Gasteiger partial charge in [-0.2, -0.15) is 0 Å². The molecule has 0 aliphatic rings. The van der Waals surface area contributed by atoms with Crippen LogP contribution in [0.1, 0.15) is 0 Å². The molecule has 0 saturated heterocycles. The second-order valence-electron chi connectivity index (χ2n) is 2.72. The Morgan fingerprint density at radius 2 is 1.67 bits per heavy atom. The van der Waals surface area contributed by atoms with E-state index in [-0.39, 0.29) is 5.75 Å². The van der Waals surface area contributed by atoms with Crippen molar-refractivity contribution in [3.63, 3.8) is 0 Å². The number of aromatic hydroxyl groups is 1. The van der Waals surface area contributed by atoms with Crippen molar-refractivity contribution in [1.82, 2.24) is 0 Å². The van der Waals surface area contributed by atoms with Crippen LogP contribution in [-0.2, 0) is 0 Å². The van der Waals surface area contributed by atoms with Gasteiger partial charge in [-0.1, -0.05) is 24.3 Å². The molecule has 0 fully saturated rings. The number of fused-ring (bicyclic) bond motifs is 1. The number of rotatable bonds is 0. The molecule has 2 heteroatoms. The van der Waals surface area contributed by atoms with Crippen molar-refractivity contribution in [2.45, 2.75) is 0 Å². The third-order valence-corrected chi connectivity index (χ3v) is 1.91. The van der Waals surface area contributed by atoms with E-state index in [9.17, 15) is 5.11 Å². The van der Waals surface area contributed by atoms with Gasteiger partial charge in [0.15, 0.2) is 0 Å². The lowest BCUT2D eigenvalue weighted by atomic mass is 10.1. The van der Waals surface area contributed by atoms with Gasteiger partial charge in [0.25, 0.3) is 0 Å². The quantitative estimate of drug-likeness (QED) is 0.578. The van der Waals surface area contributed by atoms with Gasteiger partial charge in [0.05, 0.1) is 0 Å². The molecule has 3 N–H and O–H groups in total. The minimum Gasteiger partial charge on any atom is -0.507 e. The third kappa shape index (κ3) is 0.889. The van der Waals surface area contributed by atoms with Gasteiger partial charge < -0.3 is 10.8 Å². The fourth-order valence-corrected chi connectivity index (χ4v) is 1.35. The molecule has 0 aromatic heterocycles. The lowest BCUT2D eigenvalue weighted by Crippen LogP contribution is -1.85. The lowest BCUT2D eigenvalue weighted by molar-refractivity contribution is 0.482. The highest BCUT2D eigenvalue weighted by molar-refractivity contribution is 5.97. The Balaban J connectivity index is 2.96. The summed E-state index contributed by atoms with van der Waals surface area (Å²) in [5.41, 5.74) is 6.31. The minimum absolute atomic E-state index is 0.241. The van der Waals surface area contributed by atoms with Crippen LogP contribution in [0.2, 0.25) is 0 Å². The maximum absolute atomic E-state index is 9.47. The number of phenols is 1. The van der Waals surface area contributed by atoms with Gasteiger partial charge in [-0.05, 0) is 17.5 Å². The van der Waals surface area contributed by atoms with E-state index >= 15 is 0 Å². The van der Waals surface area contributed by atoms with Gasteiger partial charge in [0.1, 0.15) is 5.75 Å². The van der Waals surface area contributed by atoms with Crippen molar-refractivity contribution in [1.29, 1.82) is 0 Å². The van der Waals surface area contributed by atoms with E-state index in [1.54, 1.807) is 18.2 Å². The van der Waals surface area contributed by atoms with Crippen molar-refractivity contribution in [2.24, 2.45) is 0 Å². The molecule has 0 heterocycles. The molecule has 12 heavy (non-hydrogen) atoms. The molecule has 0 unspecified atom stereocenters. The number of nitrogens with two attached hydrogens (primary N) is 1. The molecule has 0 atom stereocenters. The zero-order valence-corrected chi connectivity index (χ0v) is 6.49. The Labute approximate surface area is 70.2 Å². The smallest absolute Gasteiger partial charge is 0.125 e. The summed E-state index contributed by atoms with van der Waals surface area (Å²) in [4.78, 5) is 0. The van der Waals surface area contributed by atoms with E-state index in [1.165, 1.54) is 0 Å². The first kappa shape index (κ1) is 6.98. The van der Waals surface area contributed by atoms with Crippen LogP contribution in [-0.4, -0.2) is 5.11 Å². The largest absolute Gasteiger partial charge is 0.507 e. The molecule has 0 amide bonds. The Hall–Kier alpha value is -1.70. The molecular weight excluding hydrogens is 150 g/mol. The predicted octanol–water partition coefficient (Wildman–Crippen LogP) is 2.13. The number of anilines is 1. The second kappa shape index (κ2) is 2.41. The predicted molar refractivity (Wildman–Crippen MR) is 50.0 cm³/mol. The maximum atomic E-state index is 9.47. The number of phenolic OH excluding ortho intramolecular Hbond substituents is 1. The molecule has 2 rings (SSSR count). The van der Waals surface area contributed by atoms with Gasteiger partial charge in [-0.25, -0.2) is 0 Å². The lowest BCUT2D eigenvalue weighted by Gasteiger charge is -2.02. The Morgan fingerprint density at radius 1 is 1.00 bits per heavy atom. The van der Waals surface area contributed by atoms with Gasteiger partial charge in [0, 0.05) is 11.1 Å². The average Bonchev–Trinajstić information content (AvgIpc) is 2.04. The van der Waals surface area contributed by atoms with Gasteiger partial charge in [-0.3, -0.25) is 0 Å². The molecule has 2 aromatic rings. The molecule has 0 aliphatic carbocycles. The molecule has 0 radical (unpaired) electrons. The van der Waals surface area contributed by atoms with Crippen LogP contribution in [0.4, 0.5) is 5.69 Å². The highest BCUT2D eigenvalue weighted by Crippen LogP contribution is 2.28. The van der Waals surface area contributed by atoms with Crippen LogP contribution in [0.5, 0.6) is 5.75 Å². The Morgan fingerprint density at radius 3 is 2.33 bits per heavy atom. The molecule has 0 spiro atoms. The average molecular weight is 159 g/mol. The number of benzene rings is 2. The number of hydrogen-bond donors (Lipinski definition) is 2. The van der Waals surface area contributed by atoms with E-state index in [2.05, 4.69) is 0 Å². The molecule has 2 aromatic carbocycles. The van der Waals surface area contributed by atoms with Crippen LogP contribution < -0.4 is 5.73 Å². The zero-order chi connectivity index (χ0) is 8.55. The summed E-state index contributed by atoms with van der Waals surface area (Å²) in [6.45, 7) is 0. The van der Waals surface area contributed by atoms with Crippen molar-refractivity contribution in [2.75, 3.05) is 5.73 Å². The molecular formula is C10H9NO. The Bertz CT molecular complexity index is 386. The summed E-state index contributed by atoms with van der Waals surface area (Å²) in [5, 5.41) is 11.2. The van der Waals surface area contributed by atoms with Crippen LogP contribution >= 0.6 is 0 Å². The van der Waals surface area contributed by atoms with Gasteiger partial charge >= 0.3 is 0 Å². The van der Waals surface area contributed by atoms with Crippen molar-refractivity contribution in [3.8, 4) is 5.75 Å². The second-order valence-corrected chi connectivity index (χ2v) is 2.72. The van der Waals surface area contributed by atoms with E-state index in [0.717, 1.165) is 10.8 Å². The third-order valence-electron chi connectivity index (χ3n) is 1.91. The summed E-state index contributed by atoms with van der Waals surface area (Å²) in [7, 11) is 0. The molecule has 0 aliphatic heterocycles. The van der Waals surface area contributed by atoms with Gasteiger partial charge in [-0.15, -0.1) is 0 Å². The van der Waals surface area contributed by atoms with E-state index in [1.807, 2.05) is 18.2 Å². The summed E-state index contributed by atoms with van der Waals surface area (Å²) in [6, 6.07) is 10.9. The number of nitrogen functional groups attached to an aromatic ring is 1. The zero-order valence-electron chi connectivity index (χ0n) is 6.49. The summed E-state index contributed by atoms with van der Waals surface area (Å²) in [6.07, 6.45) is 0. The summed E-state index contributed by atoms with van der Waals surface area (Å²) < 4.78 is 0. The maximum Gasteiger partial charge on any atom is 0.125 e. The monoisotopic (exact) mass is 159 g/mol. The fourth-order valence-electron chi connectivity index (χ4n) is 1.35. The van der Waals surface area contributed by atoms with Crippen molar-refractivity contribution >= 4 is 16.5 Å². The van der Waals surface area contributed by atoms with E-state index in [0.29, 0.717) is 5.69 Å². The molecule has 0 bridgehead atoms. The first-order valence-electron chi connectivity index (χ1n) is 3.75. The fraction of sp³-hybridized carbons (Fsp3) is 0. The van der Waals surface area contributed by atoms with Crippen LogP contribution in [0.25, 0.3) is 10.8 Å². The summed E-state index contributed by atoms with van der Waals surface area (Å²) >= 11 is 0. The normalized spacial score (nSPS) is 10.3. The van der Waals surface area contributed by atoms with Crippen molar-refractivity contribution in [3.05, 3.63) is 36.4 Å². The van der Waals surface area contributed by atoms with Crippen LogP contribution in [0, 0.1) is 0 Å². The topological polar surface area (TPSA) is 46.2 Å². The Kier molecular flexibility index (Phi) is 1.40. The highest BCUT2D eigenvalue weighted by atomic mass is 16.3. The standard InChI is InChI=1S/C10H9NO/c11-8-5-1-3-7-4-2-6-9(12)10(7)8/h1-6,12H,11H2. The minimum atomic E-state index is 0.241. The van der Waals surface area contributed by atoms with E-state index in [4.69, 9.17) is 5.73 Å². The molecule has 2 nitrogen and oxygen atoms in total. The molecule has 0 saturated carbocycles. The van der Waals surface area contributed by atoms with Crippen LogP contribution in [0.3, 0.4) is 0 Å². The summed E-state index contributed by atoms with van der Waals surface area (Å²) in [5.74, 6) is 0.241. The first-order chi connectivity index (χ1) is 5.79. The van der Waals surface area contributed by atoms with Crippen LogP contribution in [0.15, 0.2) is 36.4 Å². The first-order valence-corrected chi connectivity index (χ1v) is 3.75. The van der Waals surface area contributed by atoms with Gasteiger partial charge in [0.2, 0.25) is 0 Å². The number of hydrogen-bond acceptors (Lipinski definition) is 2.